The molecular formula is C17H20O3. The molecule has 106 valence electrons. The number of aryl methyl sites for hydroxylation is 1. The molecule has 0 N–H and O–H groups in total. The second-order valence-corrected chi connectivity index (χ2v) is 5.14. The van der Waals surface area contributed by atoms with E-state index < -0.39 is 0 Å². The molecule has 20 heavy (non-hydrogen) atoms. The average molecular weight is 272 g/mol. The molecule has 1 aliphatic rings. The van der Waals surface area contributed by atoms with Crippen LogP contribution in [0.3, 0.4) is 0 Å². The Morgan fingerprint density at radius 1 is 1.45 bits per heavy atom. The van der Waals surface area contributed by atoms with Crippen LogP contribution in [-0.2, 0) is 9.53 Å². The number of carbonyl (C=O) groups is 2. The maximum absolute atomic E-state index is 11.7. The van der Waals surface area contributed by atoms with Crippen molar-refractivity contribution in [3.63, 3.8) is 0 Å². The van der Waals surface area contributed by atoms with Crippen LogP contribution in [-0.4, -0.2) is 18.9 Å². The van der Waals surface area contributed by atoms with Crippen molar-refractivity contribution in [2.24, 2.45) is 5.92 Å². The molecule has 0 amide bonds. The monoisotopic (exact) mass is 272 g/mol. The largest absolute Gasteiger partial charge is 0.466 e. The minimum atomic E-state index is -0.0872. The number of aldehydes is 1. The zero-order chi connectivity index (χ0) is 14.5. The van der Waals surface area contributed by atoms with Crippen LogP contribution in [0.1, 0.15) is 47.7 Å². The van der Waals surface area contributed by atoms with Gasteiger partial charge in [-0.15, -0.1) is 0 Å². The zero-order valence-corrected chi connectivity index (χ0v) is 12.0. The first-order chi connectivity index (χ1) is 9.65. The van der Waals surface area contributed by atoms with Crippen molar-refractivity contribution in [2.45, 2.75) is 33.1 Å². The molecular weight excluding hydrogens is 252 g/mol. The molecule has 1 aliphatic carbocycles. The summed E-state index contributed by atoms with van der Waals surface area (Å²) < 4.78 is 5.07. The van der Waals surface area contributed by atoms with E-state index in [1.54, 1.807) is 0 Å². The average Bonchev–Trinajstić information content (AvgIpc) is 2.47. The molecule has 1 aromatic carbocycles. The van der Waals surface area contributed by atoms with Gasteiger partial charge in [0.05, 0.1) is 12.5 Å². The van der Waals surface area contributed by atoms with E-state index in [2.05, 4.69) is 6.08 Å². The maximum Gasteiger partial charge on any atom is 0.309 e. The number of hydrogen-bond donors (Lipinski definition) is 0. The lowest BCUT2D eigenvalue weighted by molar-refractivity contribution is -0.148. The molecule has 0 heterocycles. The molecule has 1 atom stereocenters. The highest BCUT2D eigenvalue weighted by Crippen LogP contribution is 2.32. The molecule has 0 saturated carbocycles. The Hall–Kier alpha value is -1.90. The zero-order valence-electron chi connectivity index (χ0n) is 12.0. The Bertz CT molecular complexity index is 543. The Balaban J connectivity index is 2.12. The van der Waals surface area contributed by atoms with Crippen LogP contribution < -0.4 is 0 Å². The van der Waals surface area contributed by atoms with E-state index in [9.17, 15) is 9.59 Å². The van der Waals surface area contributed by atoms with Crippen molar-refractivity contribution in [1.29, 1.82) is 0 Å². The Kier molecular flexibility index (Phi) is 4.72. The van der Waals surface area contributed by atoms with E-state index in [1.165, 1.54) is 11.1 Å². The summed E-state index contributed by atoms with van der Waals surface area (Å²) in [7, 11) is 0. The minimum Gasteiger partial charge on any atom is -0.466 e. The lowest BCUT2D eigenvalue weighted by atomic mass is 9.85. The molecule has 3 nitrogen and oxygen atoms in total. The summed E-state index contributed by atoms with van der Waals surface area (Å²) in [5, 5.41) is 0. The van der Waals surface area contributed by atoms with Gasteiger partial charge in [0.15, 0.2) is 0 Å². The van der Waals surface area contributed by atoms with Crippen molar-refractivity contribution in [2.75, 3.05) is 6.61 Å². The van der Waals surface area contributed by atoms with Crippen molar-refractivity contribution >= 4 is 17.8 Å². The number of ether oxygens (including phenoxy) is 1. The number of carbonyl (C=O) groups excluding carboxylic acids is 2. The van der Waals surface area contributed by atoms with Crippen molar-refractivity contribution in [3.05, 3.63) is 41.0 Å². The molecule has 0 spiro atoms. The van der Waals surface area contributed by atoms with Gasteiger partial charge >= 0.3 is 5.97 Å². The van der Waals surface area contributed by atoms with Crippen LogP contribution in [0.15, 0.2) is 24.3 Å². The Labute approximate surface area is 119 Å². The van der Waals surface area contributed by atoms with Crippen LogP contribution in [0.5, 0.6) is 0 Å². The molecule has 0 aromatic heterocycles. The van der Waals surface area contributed by atoms with E-state index in [0.29, 0.717) is 12.2 Å². The highest BCUT2D eigenvalue weighted by Gasteiger charge is 2.23. The predicted octanol–water partition coefficient (Wildman–Crippen LogP) is 3.55. The van der Waals surface area contributed by atoms with Gasteiger partial charge in [-0.25, -0.2) is 0 Å². The number of rotatable bonds is 4. The summed E-state index contributed by atoms with van der Waals surface area (Å²) in [6, 6.07) is 5.74. The van der Waals surface area contributed by atoms with Gasteiger partial charge in [-0.3, -0.25) is 9.59 Å². The summed E-state index contributed by atoms with van der Waals surface area (Å²) in [6.07, 6.45) is 5.45. The van der Waals surface area contributed by atoms with Gasteiger partial charge in [-0.1, -0.05) is 18.2 Å². The molecule has 2 rings (SSSR count). The minimum absolute atomic E-state index is 0.00625. The summed E-state index contributed by atoms with van der Waals surface area (Å²) in [5.74, 6) is -0.0934. The topological polar surface area (TPSA) is 43.4 Å². The first-order valence-corrected chi connectivity index (χ1v) is 7.07. The fourth-order valence-corrected chi connectivity index (χ4v) is 2.67. The molecule has 1 aromatic rings. The maximum atomic E-state index is 11.7. The first kappa shape index (κ1) is 14.5. The number of benzene rings is 1. The number of allylic oxidation sites excluding steroid dienone is 2. The van der Waals surface area contributed by atoms with Gasteiger partial charge in [0, 0.05) is 5.56 Å². The van der Waals surface area contributed by atoms with Gasteiger partial charge in [0.2, 0.25) is 0 Å². The molecule has 1 unspecified atom stereocenters. The second kappa shape index (κ2) is 6.51. The van der Waals surface area contributed by atoms with Crippen molar-refractivity contribution < 1.29 is 14.3 Å². The molecule has 0 bridgehead atoms. The fourth-order valence-electron chi connectivity index (χ4n) is 2.67. The quantitative estimate of drug-likeness (QED) is 0.622. The van der Waals surface area contributed by atoms with Gasteiger partial charge in [-0.05, 0) is 55.9 Å². The predicted molar refractivity (Wildman–Crippen MR) is 78.5 cm³/mol. The third-order valence-corrected chi connectivity index (χ3v) is 3.76. The SMILES string of the molecule is CCOC(=O)C1CC=C(c2ccc(C=O)cc2C)CC1. The summed E-state index contributed by atoms with van der Waals surface area (Å²) in [5.41, 5.74) is 4.25. The second-order valence-electron chi connectivity index (χ2n) is 5.14. The number of esters is 1. The molecule has 0 saturated heterocycles. The van der Waals surface area contributed by atoms with E-state index in [4.69, 9.17) is 4.74 Å². The third-order valence-electron chi connectivity index (χ3n) is 3.76. The lowest BCUT2D eigenvalue weighted by Crippen LogP contribution is -2.19. The van der Waals surface area contributed by atoms with Gasteiger partial charge in [0.25, 0.3) is 0 Å². The van der Waals surface area contributed by atoms with Gasteiger partial charge in [-0.2, -0.15) is 0 Å². The lowest BCUT2D eigenvalue weighted by Gasteiger charge is -2.21. The van der Waals surface area contributed by atoms with E-state index in [0.717, 1.165) is 31.1 Å². The Morgan fingerprint density at radius 2 is 2.25 bits per heavy atom. The molecule has 0 radical (unpaired) electrons. The normalized spacial score (nSPS) is 18.3. The molecule has 0 fully saturated rings. The van der Waals surface area contributed by atoms with Crippen LogP contribution in [0.2, 0.25) is 0 Å². The fraction of sp³-hybridized carbons (Fsp3) is 0.412. The molecule has 3 heteroatoms. The van der Waals surface area contributed by atoms with Gasteiger partial charge < -0.3 is 4.74 Å². The molecule has 0 aliphatic heterocycles. The highest BCUT2D eigenvalue weighted by molar-refractivity contribution is 5.79. The van der Waals surface area contributed by atoms with Crippen molar-refractivity contribution in [1.82, 2.24) is 0 Å². The van der Waals surface area contributed by atoms with Crippen LogP contribution in [0.4, 0.5) is 0 Å². The summed E-state index contributed by atoms with van der Waals surface area (Å²) in [4.78, 5) is 22.5. The third kappa shape index (κ3) is 3.16. The van der Waals surface area contributed by atoms with Crippen LogP contribution >= 0.6 is 0 Å². The van der Waals surface area contributed by atoms with E-state index in [1.807, 2.05) is 32.0 Å². The first-order valence-electron chi connectivity index (χ1n) is 7.07. The van der Waals surface area contributed by atoms with Crippen LogP contribution in [0, 0.1) is 12.8 Å². The van der Waals surface area contributed by atoms with E-state index >= 15 is 0 Å². The van der Waals surface area contributed by atoms with Crippen LogP contribution in [0.25, 0.3) is 5.57 Å². The standard InChI is InChI=1S/C17H20O3/c1-3-20-17(19)15-7-5-14(6-8-15)16-9-4-13(11-18)10-12(16)2/h4-5,9-11,15H,3,6-8H2,1-2H3. The summed E-state index contributed by atoms with van der Waals surface area (Å²) >= 11 is 0. The van der Waals surface area contributed by atoms with E-state index in [-0.39, 0.29) is 11.9 Å². The van der Waals surface area contributed by atoms with Crippen molar-refractivity contribution in [3.8, 4) is 0 Å². The summed E-state index contributed by atoms with van der Waals surface area (Å²) in [6.45, 7) is 4.29. The van der Waals surface area contributed by atoms with Gasteiger partial charge in [0.1, 0.15) is 6.29 Å². The smallest absolute Gasteiger partial charge is 0.309 e. The highest BCUT2D eigenvalue weighted by atomic mass is 16.5. The number of hydrogen-bond acceptors (Lipinski definition) is 3. The Morgan fingerprint density at radius 3 is 2.80 bits per heavy atom.